The van der Waals surface area contributed by atoms with Crippen molar-refractivity contribution in [2.24, 2.45) is 0 Å². The third-order valence-electron chi connectivity index (χ3n) is 3.26. The van der Waals surface area contributed by atoms with Gasteiger partial charge in [0.1, 0.15) is 5.82 Å². The second-order valence-electron chi connectivity index (χ2n) is 4.91. The summed E-state index contributed by atoms with van der Waals surface area (Å²) in [5.74, 6) is -0.485. The molecule has 0 saturated carbocycles. The number of nitrogens with one attached hydrogen (secondary N) is 2. The fraction of sp³-hybridized carbons (Fsp3) is 0.235. The van der Waals surface area contributed by atoms with Crippen molar-refractivity contribution in [2.45, 2.75) is 12.5 Å². The molecule has 0 spiro atoms. The van der Waals surface area contributed by atoms with Gasteiger partial charge in [-0.25, -0.2) is 9.18 Å². The van der Waals surface area contributed by atoms with E-state index in [1.807, 2.05) is 30.3 Å². The first-order valence-electron chi connectivity index (χ1n) is 7.15. The summed E-state index contributed by atoms with van der Waals surface area (Å²) < 4.78 is 13.5. The number of rotatable bonds is 6. The van der Waals surface area contributed by atoms with E-state index >= 15 is 0 Å². The molecule has 0 aliphatic carbocycles. The fourth-order valence-corrected chi connectivity index (χ4v) is 2.07. The first kappa shape index (κ1) is 16.0. The van der Waals surface area contributed by atoms with Crippen LogP contribution in [0, 0.1) is 5.82 Å². The highest BCUT2D eigenvalue weighted by Gasteiger charge is 2.12. The number of aliphatic hydroxyl groups excluding tert-OH is 1. The molecule has 4 nitrogen and oxygen atoms in total. The van der Waals surface area contributed by atoms with E-state index in [2.05, 4.69) is 10.6 Å². The van der Waals surface area contributed by atoms with E-state index in [9.17, 15) is 14.3 Å². The molecule has 0 heterocycles. The maximum Gasteiger partial charge on any atom is 0.314 e. The number of aliphatic hydroxyl groups is 1. The molecule has 0 aliphatic heterocycles. The van der Waals surface area contributed by atoms with Crippen LogP contribution in [-0.4, -0.2) is 24.2 Å². The highest BCUT2D eigenvalue weighted by molar-refractivity contribution is 5.73. The molecule has 5 heteroatoms. The van der Waals surface area contributed by atoms with E-state index in [1.54, 1.807) is 12.1 Å². The van der Waals surface area contributed by atoms with E-state index in [4.69, 9.17) is 0 Å². The Labute approximate surface area is 129 Å². The topological polar surface area (TPSA) is 61.4 Å². The summed E-state index contributed by atoms with van der Waals surface area (Å²) in [6, 6.07) is 15.4. The summed E-state index contributed by atoms with van der Waals surface area (Å²) in [6.07, 6.45) is -0.342. The van der Waals surface area contributed by atoms with Crippen molar-refractivity contribution >= 4 is 6.03 Å². The van der Waals surface area contributed by atoms with E-state index < -0.39 is 11.9 Å². The van der Waals surface area contributed by atoms with Crippen LogP contribution >= 0.6 is 0 Å². The summed E-state index contributed by atoms with van der Waals surface area (Å²) in [4.78, 5) is 11.6. The van der Waals surface area contributed by atoms with Crippen LogP contribution in [0.2, 0.25) is 0 Å². The van der Waals surface area contributed by atoms with Crippen LogP contribution in [0.3, 0.4) is 0 Å². The zero-order valence-corrected chi connectivity index (χ0v) is 12.1. The Hall–Kier alpha value is -2.40. The van der Waals surface area contributed by atoms with Gasteiger partial charge < -0.3 is 15.7 Å². The maximum absolute atomic E-state index is 13.5. The zero-order chi connectivity index (χ0) is 15.8. The van der Waals surface area contributed by atoms with Crippen molar-refractivity contribution in [2.75, 3.05) is 13.1 Å². The van der Waals surface area contributed by atoms with Crippen molar-refractivity contribution in [1.29, 1.82) is 0 Å². The lowest BCUT2D eigenvalue weighted by atomic mass is 10.1. The van der Waals surface area contributed by atoms with Gasteiger partial charge in [-0.3, -0.25) is 0 Å². The molecule has 0 aliphatic rings. The minimum atomic E-state index is -1.07. The Morgan fingerprint density at radius 2 is 1.73 bits per heavy atom. The second-order valence-corrected chi connectivity index (χ2v) is 4.91. The van der Waals surface area contributed by atoms with E-state index in [1.165, 1.54) is 12.1 Å². The highest BCUT2D eigenvalue weighted by Crippen LogP contribution is 2.15. The second kappa shape index (κ2) is 8.14. The number of carbonyl (C=O) groups is 1. The average Bonchev–Trinajstić information content (AvgIpc) is 2.54. The number of amides is 2. The molecule has 0 bridgehead atoms. The molecule has 0 saturated heterocycles. The van der Waals surface area contributed by atoms with Crippen molar-refractivity contribution in [3.63, 3.8) is 0 Å². The van der Waals surface area contributed by atoms with Crippen molar-refractivity contribution < 1.29 is 14.3 Å². The fourth-order valence-electron chi connectivity index (χ4n) is 2.07. The highest BCUT2D eigenvalue weighted by atomic mass is 19.1. The summed E-state index contributed by atoms with van der Waals surface area (Å²) in [7, 11) is 0. The maximum atomic E-state index is 13.5. The van der Waals surface area contributed by atoms with Crippen LogP contribution in [0.15, 0.2) is 54.6 Å². The van der Waals surface area contributed by atoms with Crippen LogP contribution in [0.5, 0.6) is 0 Å². The Balaban J connectivity index is 1.70. The molecule has 2 amide bonds. The molecule has 0 radical (unpaired) electrons. The standard InChI is InChI=1S/C17H19FN2O2/c18-15-9-5-4-8-14(15)16(21)12-20-17(22)19-11-10-13-6-2-1-3-7-13/h1-9,16,21H,10-12H2,(H2,19,20,22)/t16-/m0/s1. The Bertz CT molecular complexity index is 605. The monoisotopic (exact) mass is 302 g/mol. The molecule has 116 valence electrons. The molecular weight excluding hydrogens is 283 g/mol. The van der Waals surface area contributed by atoms with Crippen LogP contribution < -0.4 is 10.6 Å². The zero-order valence-electron chi connectivity index (χ0n) is 12.1. The van der Waals surface area contributed by atoms with Gasteiger partial charge in [0.15, 0.2) is 0 Å². The summed E-state index contributed by atoms with van der Waals surface area (Å²) in [5.41, 5.74) is 1.31. The van der Waals surface area contributed by atoms with Gasteiger partial charge in [-0.2, -0.15) is 0 Å². The Kier molecular flexibility index (Phi) is 5.91. The number of benzene rings is 2. The van der Waals surface area contributed by atoms with Crippen LogP contribution in [-0.2, 0) is 6.42 Å². The molecule has 1 atom stereocenters. The number of halogens is 1. The predicted octanol–water partition coefficient (Wildman–Crippen LogP) is 2.40. The number of hydrogen-bond donors (Lipinski definition) is 3. The molecular formula is C17H19FN2O2. The number of carbonyl (C=O) groups excluding carboxylic acids is 1. The molecule has 3 N–H and O–H groups in total. The first-order valence-corrected chi connectivity index (χ1v) is 7.15. The van der Waals surface area contributed by atoms with Crippen molar-refractivity contribution in [3.05, 3.63) is 71.5 Å². The minimum Gasteiger partial charge on any atom is -0.386 e. The Morgan fingerprint density at radius 1 is 1.05 bits per heavy atom. The third-order valence-corrected chi connectivity index (χ3v) is 3.26. The normalized spacial score (nSPS) is 11.7. The van der Waals surface area contributed by atoms with Crippen LogP contribution in [0.25, 0.3) is 0 Å². The Morgan fingerprint density at radius 3 is 2.45 bits per heavy atom. The SMILES string of the molecule is O=C(NCCc1ccccc1)NC[C@H](O)c1ccccc1F. The number of hydrogen-bond acceptors (Lipinski definition) is 2. The average molecular weight is 302 g/mol. The van der Waals surface area contributed by atoms with Gasteiger partial charge in [0, 0.05) is 18.7 Å². The first-order chi connectivity index (χ1) is 10.7. The van der Waals surface area contributed by atoms with Gasteiger partial charge >= 0.3 is 6.03 Å². The lowest BCUT2D eigenvalue weighted by Crippen LogP contribution is -2.38. The van der Waals surface area contributed by atoms with Crippen molar-refractivity contribution in [3.8, 4) is 0 Å². The van der Waals surface area contributed by atoms with Crippen LogP contribution in [0.4, 0.5) is 9.18 Å². The lowest BCUT2D eigenvalue weighted by molar-refractivity contribution is 0.169. The lowest BCUT2D eigenvalue weighted by Gasteiger charge is -2.13. The molecule has 2 aromatic rings. The quantitative estimate of drug-likeness (QED) is 0.767. The smallest absolute Gasteiger partial charge is 0.314 e. The van der Waals surface area contributed by atoms with Gasteiger partial charge in [-0.1, -0.05) is 48.5 Å². The third kappa shape index (κ3) is 4.86. The van der Waals surface area contributed by atoms with Gasteiger partial charge in [0.2, 0.25) is 0 Å². The summed E-state index contributed by atoms with van der Waals surface area (Å²) in [5, 5.41) is 15.1. The largest absolute Gasteiger partial charge is 0.386 e. The van der Waals surface area contributed by atoms with Gasteiger partial charge in [0.05, 0.1) is 6.10 Å². The van der Waals surface area contributed by atoms with Crippen molar-refractivity contribution in [1.82, 2.24) is 10.6 Å². The number of urea groups is 1. The summed E-state index contributed by atoms with van der Waals surface area (Å²) >= 11 is 0. The minimum absolute atomic E-state index is 0.0435. The van der Waals surface area contributed by atoms with E-state index in [-0.39, 0.29) is 18.1 Å². The van der Waals surface area contributed by atoms with E-state index in [0.717, 1.165) is 12.0 Å². The molecule has 0 aromatic heterocycles. The van der Waals surface area contributed by atoms with Crippen LogP contribution in [0.1, 0.15) is 17.2 Å². The molecule has 22 heavy (non-hydrogen) atoms. The molecule has 0 fully saturated rings. The molecule has 0 unspecified atom stereocenters. The molecule has 2 rings (SSSR count). The van der Waals surface area contributed by atoms with Gasteiger partial charge in [0.25, 0.3) is 0 Å². The van der Waals surface area contributed by atoms with Gasteiger partial charge in [-0.15, -0.1) is 0 Å². The predicted molar refractivity (Wildman–Crippen MR) is 82.9 cm³/mol. The summed E-state index contributed by atoms with van der Waals surface area (Å²) in [6.45, 7) is 0.448. The van der Waals surface area contributed by atoms with E-state index in [0.29, 0.717) is 6.54 Å². The molecule has 2 aromatic carbocycles. The van der Waals surface area contributed by atoms with Gasteiger partial charge in [-0.05, 0) is 18.1 Å².